The maximum atomic E-state index is 12.8. The van der Waals surface area contributed by atoms with Gasteiger partial charge in [0.05, 0.1) is 0 Å². The molecule has 2 fully saturated rings. The highest BCUT2D eigenvalue weighted by molar-refractivity contribution is 6.38. The minimum Gasteiger partial charge on any atom is -0.347 e. The molecule has 1 aliphatic heterocycles. The molecule has 24 heavy (non-hydrogen) atoms. The topological polar surface area (TPSA) is 66.5 Å². The summed E-state index contributed by atoms with van der Waals surface area (Å²) < 4.78 is 0. The molecule has 0 aromatic heterocycles. The smallest absolute Gasteiger partial charge is 0.289 e. The molecule has 0 bridgehead atoms. The van der Waals surface area contributed by atoms with Gasteiger partial charge in [-0.1, -0.05) is 44.2 Å². The highest BCUT2D eigenvalue weighted by Crippen LogP contribution is 2.33. The van der Waals surface area contributed by atoms with Crippen LogP contribution in [0.3, 0.4) is 0 Å². The van der Waals surface area contributed by atoms with Crippen LogP contribution in [-0.4, -0.2) is 34.6 Å². The Kier molecular flexibility index (Phi) is 4.69. The summed E-state index contributed by atoms with van der Waals surface area (Å²) in [6.45, 7) is 4.38. The van der Waals surface area contributed by atoms with E-state index in [4.69, 9.17) is 0 Å². The Hall–Kier alpha value is -2.17. The van der Waals surface area contributed by atoms with Gasteiger partial charge < -0.3 is 10.2 Å². The number of nitrogens with zero attached hydrogens (tertiary/aromatic N) is 1. The van der Waals surface area contributed by atoms with Crippen LogP contribution in [0.25, 0.3) is 0 Å². The highest BCUT2D eigenvalue weighted by Gasteiger charge is 2.47. The number of amides is 2. The van der Waals surface area contributed by atoms with Gasteiger partial charge in [-0.05, 0) is 30.2 Å². The molecule has 0 spiro atoms. The molecule has 5 nitrogen and oxygen atoms in total. The molecule has 1 saturated carbocycles. The second-order valence-corrected chi connectivity index (χ2v) is 7.18. The number of rotatable bonds is 6. The van der Waals surface area contributed by atoms with Gasteiger partial charge in [0.25, 0.3) is 5.91 Å². The van der Waals surface area contributed by atoms with E-state index >= 15 is 0 Å². The summed E-state index contributed by atoms with van der Waals surface area (Å²) in [7, 11) is 0. The van der Waals surface area contributed by atoms with Crippen LogP contribution in [0.15, 0.2) is 30.3 Å². The van der Waals surface area contributed by atoms with Gasteiger partial charge in [-0.25, -0.2) is 0 Å². The van der Waals surface area contributed by atoms with Crippen LogP contribution in [0.2, 0.25) is 0 Å². The second-order valence-electron chi connectivity index (χ2n) is 7.18. The molecule has 1 N–H and O–H groups in total. The summed E-state index contributed by atoms with van der Waals surface area (Å²) in [4.78, 5) is 39.1. The predicted molar refractivity (Wildman–Crippen MR) is 89.9 cm³/mol. The number of hydrogen-bond donors (Lipinski definition) is 1. The van der Waals surface area contributed by atoms with E-state index in [1.54, 1.807) is 4.90 Å². The summed E-state index contributed by atoms with van der Waals surface area (Å²) in [6.07, 6.45) is 2.20. The third kappa shape index (κ3) is 3.50. The monoisotopic (exact) mass is 328 g/mol. The average Bonchev–Trinajstić information content (AvgIpc) is 3.31. The number of benzene rings is 1. The van der Waals surface area contributed by atoms with Gasteiger partial charge in [-0.15, -0.1) is 0 Å². The van der Waals surface area contributed by atoms with Crippen LogP contribution in [0.4, 0.5) is 0 Å². The van der Waals surface area contributed by atoms with Crippen molar-refractivity contribution in [2.75, 3.05) is 0 Å². The SMILES string of the molecule is CC(C)C1CC(=O)N(Cc2ccccc2)[C@@H]1C(=O)C(=O)NC1CC1. The summed E-state index contributed by atoms with van der Waals surface area (Å²) in [5.74, 6) is -1.01. The lowest BCUT2D eigenvalue weighted by Crippen LogP contribution is -2.49. The van der Waals surface area contributed by atoms with Gasteiger partial charge in [-0.2, -0.15) is 0 Å². The maximum Gasteiger partial charge on any atom is 0.289 e. The molecule has 1 aliphatic carbocycles. The van der Waals surface area contributed by atoms with Gasteiger partial charge in [0.15, 0.2) is 0 Å². The maximum absolute atomic E-state index is 12.8. The van der Waals surface area contributed by atoms with Crippen LogP contribution in [0, 0.1) is 11.8 Å². The molecule has 2 atom stereocenters. The van der Waals surface area contributed by atoms with Crippen molar-refractivity contribution in [3.63, 3.8) is 0 Å². The molecule has 1 unspecified atom stereocenters. The van der Waals surface area contributed by atoms with Gasteiger partial charge in [0, 0.05) is 19.0 Å². The first-order valence-electron chi connectivity index (χ1n) is 8.65. The molecule has 1 heterocycles. The van der Waals surface area contributed by atoms with Crippen molar-refractivity contribution in [2.45, 2.75) is 51.7 Å². The number of ketones is 1. The molecular weight excluding hydrogens is 304 g/mol. The molecule has 5 heteroatoms. The Morgan fingerprint density at radius 2 is 1.88 bits per heavy atom. The van der Waals surface area contributed by atoms with Crippen molar-refractivity contribution >= 4 is 17.6 Å². The predicted octanol–water partition coefficient (Wildman–Crippen LogP) is 1.91. The number of carbonyl (C=O) groups excluding carboxylic acids is 3. The van der Waals surface area contributed by atoms with Crippen LogP contribution in [0.1, 0.15) is 38.7 Å². The molecule has 3 rings (SSSR count). The molecule has 0 radical (unpaired) electrons. The minimum absolute atomic E-state index is 0.0462. The number of carbonyl (C=O) groups is 3. The second kappa shape index (κ2) is 6.75. The first-order valence-corrected chi connectivity index (χ1v) is 8.65. The summed E-state index contributed by atoms with van der Waals surface area (Å²) >= 11 is 0. The van der Waals surface area contributed by atoms with Gasteiger partial charge in [-0.3, -0.25) is 14.4 Å². The van der Waals surface area contributed by atoms with E-state index in [0.29, 0.717) is 13.0 Å². The lowest BCUT2D eigenvalue weighted by Gasteiger charge is -2.28. The van der Waals surface area contributed by atoms with Crippen molar-refractivity contribution in [1.82, 2.24) is 10.2 Å². The number of Topliss-reactive ketones (excluding diaryl/α,β-unsaturated/α-hetero) is 1. The van der Waals surface area contributed by atoms with E-state index in [-0.39, 0.29) is 23.8 Å². The lowest BCUT2D eigenvalue weighted by atomic mass is 9.86. The third-order valence-corrected chi connectivity index (χ3v) is 4.93. The first kappa shape index (κ1) is 16.7. The number of hydrogen-bond acceptors (Lipinski definition) is 3. The Bertz CT molecular complexity index is 637. The Morgan fingerprint density at radius 1 is 1.21 bits per heavy atom. The molecule has 1 saturated heterocycles. The van der Waals surface area contributed by atoms with Gasteiger partial charge in [0.2, 0.25) is 11.7 Å². The summed E-state index contributed by atoms with van der Waals surface area (Å²) in [5.41, 5.74) is 0.968. The van der Waals surface area contributed by atoms with Gasteiger partial charge in [0.1, 0.15) is 6.04 Å². The van der Waals surface area contributed by atoms with Crippen LogP contribution < -0.4 is 5.32 Å². The van der Waals surface area contributed by atoms with Crippen molar-refractivity contribution < 1.29 is 14.4 Å². The molecule has 2 aliphatic rings. The molecular formula is C19H24N2O3. The fourth-order valence-electron chi connectivity index (χ4n) is 3.34. The van der Waals surface area contributed by atoms with E-state index in [1.165, 1.54) is 0 Å². The van der Waals surface area contributed by atoms with Crippen molar-refractivity contribution in [1.29, 1.82) is 0 Å². The zero-order valence-electron chi connectivity index (χ0n) is 14.2. The lowest BCUT2D eigenvalue weighted by molar-refractivity contribution is -0.143. The van der Waals surface area contributed by atoms with E-state index in [9.17, 15) is 14.4 Å². The average molecular weight is 328 g/mol. The van der Waals surface area contributed by atoms with Crippen LogP contribution in [-0.2, 0) is 20.9 Å². The highest BCUT2D eigenvalue weighted by atomic mass is 16.2. The summed E-state index contributed by atoms with van der Waals surface area (Å²) in [6, 6.07) is 9.08. The Labute approximate surface area is 142 Å². The summed E-state index contributed by atoms with van der Waals surface area (Å²) in [5, 5.41) is 2.76. The first-order chi connectivity index (χ1) is 11.5. The molecule has 2 amide bonds. The third-order valence-electron chi connectivity index (χ3n) is 4.93. The standard InChI is InChI=1S/C19H24N2O3/c1-12(2)15-10-16(22)21(11-13-6-4-3-5-7-13)17(15)18(23)19(24)20-14-8-9-14/h3-7,12,14-15,17H,8-11H2,1-2H3,(H,20,24)/t15?,17-/m0/s1. The van der Waals surface area contributed by atoms with E-state index in [1.807, 2.05) is 44.2 Å². The van der Waals surface area contributed by atoms with Crippen molar-refractivity contribution in [3.05, 3.63) is 35.9 Å². The van der Waals surface area contributed by atoms with Crippen molar-refractivity contribution in [3.8, 4) is 0 Å². The molecule has 1 aromatic carbocycles. The van der Waals surface area contributed by atoms with Crippen LogP contribution in [0.5, 0.6) is 0 Å². The largest absolute Gasteiger partial charge is 0.347 e. The normalized spacial score (nSPS) is 23.6. The number of nitrogens with one attached hydrogen (secondary N) is 1. The quantitative estimate of drug-likeness (QED) is 0.811. The Balaban J connectivity index is 1.82. The Morgan fingerprint density at radius 3 is 2.46 bits per heavy atom. The fraction of sp³-hybridized carbons (Fsp3) is 0.526. The van der Waals surface area contributed by atoms with E-state index in [2.05, 4.69) is 5.32 Å². The van der Waals surface area contributed by atoms with E-state index < -0.39 is 17.7 Å². The number of likely N-dealkylation sites (tertiary alicyclic amines) is 1. The minimum atomic E-state index is -0.656. The zero-order chi connectivity index (χ0) is 17.3. The van der Waals surface area contributed by atoms with E-state index in [0.717, 1.165) is 18.4 Å². The van der Waals surface area contributed by atoms with Crippen LogP contribution >= 0.6 is 0 Å². The fourth-order valence-corrected chi connectivity index (χ4v) is 3.34. The molecule has 1 aromatic rings. The van der Waals surface area contributed by atoms with Gasteiger partial charge >= 0.3 is 0 Å². The molecule has 128 valence electrons. The van der Waals surface area contributed by atoms with Crippen molar-refractivity contribution in [2.24, 2.45) is 11.8 Å². The zero-order valence-corrected chi connectivity index (χ0v) is 14.2.